The lowest BCUT2D eigenvalue weighted by Gasteiger charge is -2.36. The first kappa shape index (κ1) is 37.3. The smallest absolute Gasteiger partial charge is 0.0812 e. The van der Waals surface area contributed by atoms with Gasteiger partial charge in [0.2, 0.25) is 0 Å². The van der Waals surface area contributed by atoms with Crippen LogP contribution in [-0.2, 0) is 32.5 Å². The third-order valence-electron chi connectivity index (χ3n) is 8.91. The quantitative estimate of drug-likeness (QED) is 0.291. The van der Waals surface area contributed by atoms with Gasteiger partial charge in [-0.3, -0.25) is 0 Å². The van der Waals surface area contributed by atoms with Crippen LogP contribution in [0.3, 0.4) is 0 Å². The van der Waals surface area contributed by atoms with Crippen molar-refractivity contribution in [3.8, 4) is 0 Å². The molecule has 1 aliphatic heterocycles. The summed E-state index contributed by atoms with van der Waals surface area (Å²) in [5.74, 6) is 0. The molecule has 2 aromatic carbocycles. The Morgan fingerprint density at radius 1 is 0.409 bits per heavy atom. The van der Waals surface area contributed by atoms with Crippen LogP contribution in [0.4, 0.5) is 5.69 Å². The van der Waals surface area contributed by atoms with Crippen LogP contribution in [-0.4, -0.2) is 5.03 Å². The molecular formula is C41H67NP2. The van der Waals surface area contributed by atoms with Crippen molar-refractivity contribution < 1.29 is 0 Å². The molecule has 0 bridgehead atoms. The Kier molecular flexibility index (Phi) is 9.28. The molecule has 0 saturated carbocycles. The minimum atomic E-state index is -2.07. The van der Waals surface area contributed by atoms with Crippen molar-refractivity contribution in [3.63, 3.8) is 0 Å². The lowest BCUT2D eigenvalue weighted by Crippen LogP contribution is -2.32. The van der Waals surface area contributed by atoms with Crippen LogP contribution in [0, 0.1) is 5.41 Å². The SMILES string of the molecule is CC(C)(C)C1=PP1(=Nc1c(C(C)(C)C)cc(C(C)(C)C)cc1C(C)(C)C)c1c(C(C)(C)C)cc(C(C)(C)C)cc1C(C)(C)C. The molecule has 1 heterocycles. The molecule has 1 nitrogen and oxygen atoms in total. The third-order valence-corrected chi connectivity index (χ3v) is 16.0. The van der Waals surface area contributed by atoms with E-state index in [9.17, 15) is 0 Å². The van der Waals surface area contributed by atoms with Crippen molar-refractivity contribution in [1.29, 1.82) is 0 Å². The lowest BCUT2D eigenvalue weighted by atomic mass is 9.74. The average molecular weight is 636 g/mol. The predicted molar refractivity (Wildman–Crippen MR) is 205 cm³/mol. The summed E-state index contributed by atoms with van der Waals surface area (Å²) in [6, 6.07) is 10.1. The zero-order chi connectivity index (χ0) is 34.4. The molecule has 0 amide bonds. The normalized spacial score (nSPS) is 19.2. The van der Waals surface area contributed by atoms with E-state index in [4.69, 9.17) is 4.74 Å². The molecular weight excluding hydrogens is 568 g/mol. The monoisotopic (exact) mass is 635 g/mol. The standard InChI is InChI=1S/C41H67NP2/c1-35(2,3)26-22-28(37(7,8)9)32(29(23-26)38(10,11)12)42-44(34(43-44)41(19,20)21)33-30(39(13,14)15)24-27(36(4,5)6)25-31(33)40(16,17)18/h22-25H,1-21H3. The number of rotatable bonds is 2. The Bertz CT molecular complexity index is 1440. The average Bonchev–Trinajstić information content (AvgIpc) is 3.50. The largest absolute Gasteiger partial charge is 0.249 e. The molecule has 1 atom stereocenters. The number of hydrogen-bond acceptors (Lipinski definition) is 1. The molecule has 0 saturated heterocycles. The Morgan fingerprint density at radius 3 is 0.932 bits per heavy atom. The van der Waals surface area contributed by atoms with Crippen molar-refractivity contribution in [2.24, 2.45) is 10.2 Å². The van der Waals surface area contributed by atoms with Gasteiger partial charge in [-0.1, -0.05) is 170 Å². The highest BCUT2D eigenvalue weighted by molar-refractivity contribution is 8.54. The number of nitrogens with zero attached hydrogens (tertiary/aromatic N) is 1. The topological polar surface area (TPSA) is 12.4 Å². The molecule has 0 aliphatic carbocycles. The third kappa shape index (κ3) is 7.52. The van der Waals surface area contributed by atoms with E-state index in [-0.39, 0.29) is 37.9 Å². The molecule has 1 unspecified atom stereocenters. The molecule has 246 valence electrons. The van der Waals surface area contributed by atoms with Crippen LogP contribution in [0.15, 0.2) is 29.0 Å². The molecule has 0 radical (unpaired) electrons. The van der Waals surface area contributed by atoms with E-state index in [0.717, 1.165) is 0 Å². The molecule has 3 heteroatoms. The van der Waals surface area contributed by atoms with Gasteiger partial charge in [0.15, 0.2) is 0 Å². The van der Waals surface area contributed by atoms with E-state index in [1.807, 2.05) is 0 Å². The second kappa shape index (κ2) is 10.9. The molecule has 1 aliphatic rings. The highest BCUT2D eigenvalue weighted by Gasteiger charge is 2.50. The summed E-state index contributed by atoms with van der Waals surface area (Å²) in [7, 11) is 1.45. The molecule has 0 N–H and O–H groups in total. The van der Waals surface area contributed by atoms with Crippen LogP contribution in [0.5, 0.6) is 0 Å². The van der Waals surface area contributed by atoms with Gasteiger partial charge in [-0.15, -0.1) is 0 Å². The van der Waals surface area contributed by atoms with Crippen molar-refractivity contribution >= 4 is 30.7 Å². The van der Waals surface area contributed by atoms with E-state index in [0.29, 0.717) is 0 Å². The molecule has 0 aromatic heterocycles. The summed E-state index contributed by atoms with van der Waals surface area (Å²) in [5.41, 5.74) is 10.0. The minimum absolute atomic E-state index is 0.00394. The van der Waals surface area contributed by atoms with Crippen LogP contribution in [0.25, 0.3) is 0 Å². The predicted octanol–water partition coefficient (Wildman–Crippen LogP) is 13.7. The molecule has 2 aromatic rings. The van der Waals surface area contributed by atoms with Gasteiger partial charge in [-0.25, -0.2) is 4.74 Å². The molecule has 3 rings (SSSR count). The Hall–Kier alpha value is -1.16. The summed E-state index contributed by atoms with van der Waals surface area (Å²) in [5, 5.41) is 3.21. The Morgan fingerprint density at radius 2 is 0.705 bits per heavy atom. The zero-order valence-electron chi connectivity index (χ0n) is 32.7. The van der Waals surface area contributed by atoms with Gasteiger partial charge in [0.25, 0.3) is 0 Å². The molecule has 0 fully saturated rings. The number of hydrogen-bond donors (Lipinski definition) is 0. The first-order chi connectivity index (χ1) is 19.2. The van der Waals surface area contributed by atoms with Gasteiger partial charge >= 0.3 is 0 Å². The maximum atomic E-state index is 6.28. The number of benzene rings is 2. The van der Waals surface area contributed by atoms with Gasteiger partial charge in [-0.2, -0.15) is 0 Å². The fourth-order valence-corrected chi connectivity index (χ4v) is 15.0. The van der Waals surface area contributed by atoms with Gasteiger partial charge in [0.1, 0.15) is 0 Å². The maximum Gasteiger partial charge on any atom is 0.0812 e. The fourth-order valence-electron chi connectivity index (χ4n) is 6.02. The van der Waals surface area contributed by atoms with E-state index < -0.39 is 6.74 Å². The maximum absolute atomic E-state index is 6.28. The van der Waals surface area contributed by atoms with Crippen molar-refractivity contribution in [1.82, 2.24) is 0 Å². The van der Waals surface area contributed by atoms with Gasteiger partial charge in [-0.05, 0) is 79.2 Å². The first-order valence-electron chi connectivity index (χ1n) is 16.9. The molecule has 44 heavy (non-hydrogen) atoms. The highest BCUT2D eigenvalue weighted by atomic mass is 32.1. The van der Waals surface area contributed by atoms with E-state index in [1.54, 1.807) is 10.3 Å². The zero-order valence-corrected chi connectivity index (χ0v) is 34.4. The van der Waals surface area contributed by atoms with Gasteiger partial charge in [0.05, 0.1) is 12.4 Å². The van der Waals surface area contributed by atoms with Gasteiger partial charge in [0, 0.05) is 10.3 Å². The van der Waals surface area contributed by atoms with Crippen LogP contribution in [0.2, 0.25) is 0 Å². The van der Waals surface area contributed by atoms with E-state index in [1.165, 1.54) is 47.0 Å². The minimum Gasteiger partial charge on any atom is -0.249 e. The summed E-state index contributed by atoms with van der Waals surface area (Å²) in [6.07, 6.45) is 0. The van der Waals surface area contributed by atoms with Crippen LogP contribution < -0.4 is 5.30 Å². The molecule has 0 spiro atoms. The fraction of sp³-hybridized carbons (Fsp3) is 0.683. The van der Waals surface area contributed by atoms with Gasteiger partial charge < -0.3 is 0 Å². The highest BCUT2D eigenvalue weighted by Crippen LogP contribution is 2.83. The van der Waals surface area contributed by atoms with E-state index in [2.05, 4.69) is 170 Å². The Balaban J connectivity index is 2.73. The summed E-state index contributed by atoms with van der Waals surface area (Å²) in [6.45, 7) is 48.1. The van der Waals surface area contributed by atoms with Crippen molar-refractivity contribution in [3.05, 3.63) is 57.6 Å². The summed E-state index contributed by atoms with van der Waals surface area (Å²) >= 11 is 0. The Labute approximate surface area is 275 Å². The lowest BCUT2D eigenvalue weighted by molar-refractivity contribution is 0.549. The second-order valence-corrected chi connectivity index (χ2v) is 26.3. The van der Waals surface area contributed by atoms with Crippen molar-refractivity contribution in [2.45, 2.75) is 178 Å². The van der Waals surface area contributed by atoms with Crippen molar-refractivity contribution in [2.75, 3.05) is 0 Å². The van der Waals surface area contributed by atoms with Crippen LogP contribution in [0.1, 0.15) is 179 Å². The first-order valence-corrected chi connectivity index (χ1v) is 20.2. The summed E-state index contributed by atoms with van der Waals surface area (Å²) < 4.78 is 6.28. The van der Waals surface area contributed by atoms with E-state index >= 15 is 0 Å². The van der Waals surface area contributed by atoms with Crippen LogP contribution >= 0.6 is 14.6 Å². The second-order valence-electron chi connectivity index (χ2n) is 20.7. The summed E-state index contributed by atoms with van der Waals surface area (Å²) in [4.78, 5) is 0.